The van der Waals surface area contributed by atoms with Gasteiger partial charge in [0.1, 0.15) is 0 Å². The Morgan fingerprint density at radius 1 is 1.55 bits per heavy atom. The maximum absolute atomic E-state index is 10.5. The van der Waals surface area contributed by atoms with Crippen LogP contribution in [0.15, 0.2) is 4.99 Å². The molecule has 3 nitrogen and oxygen atoms in total. The summed E-state index contributed by atoms with van der Waals surface area (Å²) in [5, 5.41) is -0.434. The summed E-state index contributed by atoms with van der Waals surface area (Å²) in [6.07, 6.45) is 4.46. The molecule has 0 aliphatic carbocycles. The van der Waals surface area contributed by atoms with Crippen LogP contribution in [0.3, 0.4) is 0 Å². The Hall–Kier alpha value is -0.600. The number of hydrogen-bond acceptors (Lipinski definition) is 3. The lowest BCUT2D eigenvalue weighted by atomic mass is 10.3. The highest BCUT2D eigenvalue weighted by molar-refractivity contribution is 8.13. The monoisotopic (exact) mass is 173 g/mol. The second-order valence-corrected chi connectivity index (χ2v) is 3.07. The van der Waals surface area contributed by atoms with E-state index in [0.717, 1.165) is 36.8 Å². The molecule has 4 heteroatoms. The van der Waals surface area contributed by atoms with Crippen LogP contribution in [-0.4, -0.2) is 17.1 Å². The largest absolute Gasteiger partial charge is 0.315 e. The first-order chi connectivity index (χ1) is 5.31. The number of thioether (sulfide) groups is 1. The molecule has 1 amide bonds. The van der Waals surface area contributed by atoms with Gasteiger partial charge >= 0.3 is 5.24 Å². The molecule has 0 heterocycles. The van der Waals surface area contributed by atoms with E-state index in [4.69, 9.17) is 0 Å². The minimum Gasteiger partial charge on any atom is -0.259 e. The summed E-state index contributed by atoms with van der Waals surface area (Å²) < 4.78 is 0. The van der Waals surface area contributed by atoms with Gasteiger partial charge in [0, 0.05) is 5.75 Å². The lowest BCUT2D eigenvalue weighted by molar-refractivity contribution is 0.267. The maximum atomic E-state index is 10.5. The van der Waals surface area contributed by atoms with Crippen LogP contribution in [0.4, 0.5) is 4.79 Å². The molecule has 0 saturated heterocycles. The quantitative estimate of drug-likeness (QED) is 0.372. The first kappa shape index (κ1) is 10.4. The number of aliphatic imine (C=N–C) groups is 1. The minimum absolute atomic E-state index is 0.434. The Bertz CT molecular complexity index is 164. The molecule has 0 bridgehead atoms. The number of hydrogen-bond donors (Lipinski definition) is 0. The average molecular weight is 173 g/mol. The van der Waals surface area contributed by atoms with Gasteiger partial charge in [-0.05, 0) is 6.42 Å². The Kier molecular flexibility index (Phi) is 7.10. The van der Waals surface area contributed by atoms with E-state index in [2.05, 4.69) is 11.9 Å². The summed E-state index contributed by atoms with van der Waals surface area (Å²) >= 11 is 1.07. The molecule has 0 aliphatic rings. The molecule has 0 aromatic rings. The van der Waals surface area contributed by atoms with E-state index in [9.17, 15) is 9.59 Å². The summed E-state index contributed by atoms with van der Waals surface area (Å²) in [4.78, 5) is 23.1. The fourth-order valence-corrected chi connectivity index (χ4v) is 1.21. The highest BCUT2D eigenvalue weighted by Gasteiger charge is 1.97. The van der Waals surface area contributed by atoms with Gasteiger partial charge in [-0.2, -0.15) is 0 Å². The number of carbonyl (C=O) groups is 1. The van der Waals surface area contributed by atoms with Gasteiger partial charge in [0.05, 0.1) is 0 Å². The smallest absolute Gasteiger partial charge is 0.259 e. The van der Waals surface area contributed by atoms with Gasteiger partial charge in [-0.3, -0.25) is 4.79 Å². The molecular formula is C7H11NO2S. The first-order valence-electron chi connectivity index (χ1n) is 3.56. The number of isocyanates is 1. The molecule has 0 saturated carbocycles. The van der Waals surface area contributed by atoms with Crippen LogP contribution in [0.1, 0.15) is 26.2 Å². The SMILES string of the molecule is CCCCCSC(=O)N=C=O. The highest BCUT2D eigenvalue weighted by Crippen LogP contribution is 2.08. The zero-order chi connectivity index (χ0) is 8.53. The van der Waals surface area contributed by atoms with Gasteiger partial charge in [0.2, 0.25) is 6.08 Å². The van der Waals surface area contributed by atoms with E-state index >= 15 is 0 Å². The molecule has 0 aromatic heterocycles. The fourth-order valence-electron chi connectivity index (χ4n) is 0.581. The Labute approximate surface area is 70.3 Å². The molecule has 0 unspecified atom stereocenters. The standard InChI is InChI=1S/C7H11NO2S/c1-2-3-4-5-11-7(10)8-6-9/h2-5H2,1H3. The average Bonchev–Trinajstić information content (AvgIpc) is 1.99. The second-order valence-electron chi connectivity index (χ2n) is 2.02. The first-order valence-corrected chi connectivity index (χ1v) is 4.54. The van der Waals surface area contributed by atoms with Crippen molar-refractivity contribution < 1.29 is 9.59 Å². The molecule has 0 rings (SSSR count). The van der Waals surface area contributed by atoms with E-state index in [-0.39, 0.29) is 0 Å². The second kappa shape index (κ2) is 7.51. The van der Waals surface area contributed by atoms with E-state index < -0.39 is 5.24 Å². The maximum Gasteiger partial charge on any atom is 0.315 e. The minimum atomic E-state index is -0.434. The van der Waals surface area contributed by atoms with Crippen LogP contribution in [0, 0.1) is 0 Å². The van der Waals surface area contributed by atoms with Gasteiger partial charge in [-0.15, -0.1) is 4.99 Å². The van der Waals surface area contributed by atoms with Crippen molar-refractivity contribution in [2.24, 2.45) is 4.99 Å². The number of amides is 1. The predicted octanol–water partition coefficient (Wildman–Crippen LogP) is 2.37. The van der Waals surface area contributed by atoms with Crippen molar-refractivity contribution in [3.63, 3.8) is 0 Å². The van der Waals surface area contributed by atoms with Crippen LogP contribution in [0.25, 0.3) is 0 Å². The summed E-state index contributed by atoms with van der Waals surface area (Å²) in [7, 11) is 0. The number of carbonyl (C=O) groups excluding carboxylic acids is 2. The third-order valence-electron chi connectivity index (χ3n) is 1.11. The highest BCUT2D eigenvalue weighted by atomic mass is 32.2. The number of unbranched alkanes of at least 4 members (excludes halogenated alkanes) is 2. The molecule has 0 atom stereocenters. The fraction of sp³-hybridized carbons (Fsp3) is 0.714. The summed E-state index contributed by atoms with van der Waals surface area (Å²) in [6.45, 7) is 2.09. The van der Waals surface area contributed by atoms with Crippen LogP contribution < -0.4 is 0 Å². The third-order valence-corrected chi connectivity index (χ3v) is 1.94. The lowest BCUT2D eigenvalue weighted by Gasteiger charge is -1.92. The molecule has 11 heavy (non-hydrogen) atoms. The molecular weight excluding hydrogens is 162 g/mol. The number of rotatable bonds is 4. The van der Waals surface area contributed by atoms with E-state index in [1.54, 1.807) is 0 Å². The van der Waals surface area contributed by atoms with Crippen LogP contribution in [0.5, 0.6) is 0 Å². The van der Waals surface area contributed by atoms with Crippen molar-refractivity contribution in [3.8, 4) is 0 Å². The number of nitrogens with zero attached hydrogens (tertiary/aromatic N) is 1. The van der Waals surface area contributed by atoms with Gasteiger partial charge in [0.15, 0.2) is 0 Å². The molecule has 0 spiro atoms. The molecule has 0 aromatic carbocycles. The van der Waals surface area contributed by atoms with Gasteiger partial charge in [-0.25, -0.2) is 4.79 Å². The predicted molar refractivity (Wildman–Crippen MR) is 45.5 cm³/mol. The van der Waals surface area contributed by atoms with Crippen molar-refractivity contribution in [1.29, 1.82) is 0 Å². The molecule has 0 aliphatic heterocycles. The molecule has 0 radical (unpaired) electrons. The van der Waals surface area contributed by atoms with Crippen LogP contribution in [0.2, 0.25) is 0 Å². The summed E-state index contributed by atoms with van der Waals surface area (Å²) in [6, 6.07) is 0. The van der Waals surface area contributed by atoms with E-state index in [1.165, 1.54) is 6.08 Å². The Balaban J connectivity index is 3.24. The zero-order valence-corrected chi connectivity index (χ0v) is 7.32. The normalized spacial score (nSPS) is 8.82. The van der Waals surface area contributed by atoms with Crippen molar-refractivity contribution in [2.45, 2.75) is 26.2 Å². The summed E-state index contributed by atoms with van der Waals surface area (Å²) in [5.41, 5.74) is 0. The van der Waals surface area contributed by atoms with Crippen LogP contribution in [-0.2, 0) is 4.79 Å². The van der Waals surface area contributed by atoms with Crippen molar-refractivity contribution >= 4 is 23.1 Å². The Morgan fingerprint density at radius 3 is 2.82 bits per heavy atom. The zero-order valence-electron chi connectivity index (χ0n) is 6.50. The summed E-state index contributed by atoms with van der Waals surface area (Å²) in [5.74, 6) is 0.748. The molecule has 0 N–H and O–H groups in total. The van der Waals surface area contributed by atoms with Crippen molar-refractivity contribution in [2.75, 3.05) is 5.75 Å². The van der Waals surface area contributed by atoms with Crippen molar-refractivity contribution in [3.05, 3.63) is 0 Å². The van der Waals surface area contributed by atoms with Crippen LogP contribution >= 0.6 is 11.8 Å². The van der Waals surface area contributed by atoms with Gasteiger partial charge in [-0.1, -0.05) is 31.5 Å². The van der Waals surface area contributed by atoms with E-state index in [1.807, 2.05) is 0 Å². The molecule has 62 valence electrons. The Morgan fingerprint density at radius 2 is 2.27 bits per heavy atom. The van der Waals surface area contributed by atoms with Gasteiger partial charge < -0.3 is 0 Å². The van der Waals surface area contributed by atoms with Crippen molar-refractivity contribution in [1.82, 2.24) is 0 Å². The molecule has 0 fully saturated rings. The van der Waals surface area contributed by atoms with Gasteiger partial charge in [0.25, 0.3) is 0 Å². The third kappa shape index (κ3) is 7.30. The van der Waals surface area contributed by atoms with E-state index in [0.29, 0.717) is 0 Å². The lowest BCUT2D eigenvalue weighted by Crippen LogP contribution is -1.85. The topological polar surface area (TPSA) is 46.5 Å².